The van der Waals surface area contributed by atoms with Crippen LogP contribution in [-0.4, -0.2) is 14.8 Å². The highest BCUT2D eigenvalue weighted by Gasteiger charge is 2.07. The van der Waals surface area contributed by atoms with E-state index in [-0.39, 0.29) is 0 Å². The van der Waals surface area contributed by atoms with Gasteiger partial charge in [-0.3, -0.25) is 9.67 Å². The smallest absolute Gasteiger partial charge is 0.0825 e. The van der Waals surface area contributed by atoms with E-state index in [1.54, 1.807) is 0 Å². The number of aryl methyl sites for hydroxylation is 3. The minimum absolute atomic E-state index is 0.793. The van der Waals surface area contributed by atoms with Crippen molar-refractivity contribution in [2.24, 2.45) is 0 Å². The van der Waals surface area contributed by atoms with E-state index in [1.165, 1.54) is 0 Å². The summed E-state index contributed by atoms with van der Waals surface area (Å²) in [4.78, 5) is 4.28. The van der Waals surface area contributed by atoms with Gasteiger partial charge in [0.15, 0.2) is 0 Å². The summed E-state index contributed by atoms with van der Waals surface area (Å²) in [6.45, 7) is 4.74. The van der Waals surface area contributed by atoms with Crippen molar-refractivity contribution >= 4 is 5.69 Å². The fraction of sp³-hybridized carbons (Fsp3) is 0.333. The minimum Gasteiger partial charge on any atom is -0.396 e. The van der Waals surface area contributed by atoms with Gasteiger partial charge in [-0.25, -0.2) is 0 Å². The number of nitrogens with zero attached hydrogens (tertiary/aromatic N) is 3. The van der Waals surface area contributed by atoms with Gasteiger partial charge in [0.1, 0.15) is 0 Å². The van der Waals surface area contributed by atoms with Gasteiger partial charge in [-0.05, 0) is 26.0 Å². The lowest BCUT2D eigenvalue weighted by Gasteiger charge is -2.03. The maximum atomic E-state index is 5.87. The molecular weight excluding hydrogens is 200 g/mol. The van der Waals surface area contributed by atoms with E-state index >= 15 is 0 Å². The van der Waals surface area contributed by atoms with Crippen molar-refractivity contribution in [3.63, 3.8) is 0 Å². The second-order valence-electron chi connectivity index (χ2n) is 3.88. The molecule has 0 amide bonds. The summed E-state index contributed by atoms with van der Waals surface area (Å²) in [5.74, 6) is 0. The van der Waals surface area contributed by atoms with Crippen LogP contribution in [0.25, 0.3) is 0 Å². The molecule has 2 aromatic rings. The molecule has 4 nitrogen and oxygen atoms in total. The van der Waals surface area contributed by atoms with Gasteiger partial charge in [0, 0.05) is 24.9 Å². The van der Waals surface area contributed by atoms with E-state index in [1.807, 2.05) is 42.9 Å². The third kappa shape index (κ3) is 2.05. The summed E-state index contributed by atoms with van der Waals surface area (Å²) in [6.07, 6.45) is 2.69. The van der Waals surface area contributed by atoms with Gasteiger partial charge in [0.05, 0.1) is 17.1 Å². The van der Waals surface area contributed by atoms with Crippen molar-refractivity contribution in [2.45, 2.75) is 26.8 Å². The van der Waals surface area contributed by atoms with Crippen LogP contribution >= 0.6 is 0 Å². The van der Waals surface area contributed by atoms with Gasteiger partial charge >= 0.3 is 0 Å². The van der Waals surface area contributed by atoms with Crippen molar-refractivity contribution in [2.75, 3.05) is 5.73 Å². The number of pyridine rings is 1. The van der Waals surface area contributed by atoms with Crippen molar-refractivity contribution in [1.29, 1.82) is 0 Å². The molecule has 0 aliphatic rings. The predicted octanol–water partition coefficient (Wildman–Crippen LogP) is 1.72. The molecule has 0 saturated carbocycles. The second-order valence-corrected chi connectivity index (χ2v) is 3.88. The molecule has 0 aliphatic carbocycles. The standard InChI is InChI=1S/C12H16N4/c1-9-12(13)10(2)16(15-9)8-6-11-5-3-4-7-14-11/h3-5,7H,6,8,13H2,1-2H3. The lowest BCUT2D eigenvalue weighted by Crippen LogP contribution is -2.06. The quantitative estimate of drug-likeness (QED) is 0.850. The molecule has 0 spiro atoms. The highest BCUT2D eigenvalue weighted by Crippen LogP contribution is 2.14. The van der Waals surface area contributed by atoms with Gasteiger partial charge < -0.3 is 5.73 Å². The maximum absolute atomic E-state index is 5.87. The Morgan fingerprint density at radius 2 is 2.12 bits per heavy atom. The number of aromatic nitrogens is 3. The van der Waals surface area contributed by atoms with E-state index in [0.717, 1.165) is 35.7 Å². The number of nitrogens with two attached hydrogens (primary N) is 1. The normalized spacial score (nSPS) is 10.6. The van der Waals surface area contributed by atoms with Crippen molar-refractivity contribution in [1.82, 2.24) is 14.8 Å². The van der Waals surface area contributed by atoms with Crippen LogP contribution in [0.5, 0.6) is 0 Å². The third-order valence-corrected chi connectivity index (χ3v) is 2.74. The zero-order valence-electron chi connectivity index (χ0n) is 9.64. The molecule has 0 radical (unpaired) electrons. The highest BCUT2D eigenvalue weighted by molar-refractivity contribution is 5.46. The van der Waals surface area contributed by atoms with Crippen LogP contribution in [0.1, 0.15) is 17.1 Å². The Morgan fingerprint density at radius 3 is 2.69 bits per heavy atom. The number of hydrogen-bond acceptors (Lipinski definition) is 3. The van der Waals surface area contributed by atoms with Crippen LogP contribution < -0.4 is 5.73 Å². The highest BCUT2D eigenvalue weighted by atomic mass is 15.3. The summed E-state index contributed by atoms with van der Waals surface area (Å²) < 4.78 is 1.94. The molecular formula is C12H16N4. The molecule has 2 rings (SSSR count). The van der Waals surface area contributed by atoms with Crippen molar-refractivity contribution < 1.29 is 0 Å². The topological polar surface area (TPSA) is 56.7 Å². The SMILES string of the molecule is Cc1nn(CCc2ccccn2)c(C)c1N. The predicted molar refractivity (Wildman–Crippen MR) is 64.1 cm³/mol. The molecule has 16 heavy (non-hydrogen) atoms. The first-order chi connectivity index (χ1) is 7.68. The number of nitrogen functional groups attached to an aromatic ring is 1. The van der Waals surface area contributed by atoms with Crippen LogP contribution in [0.4, 0.5) is 5.69 Å². The molecule has 2 heterocycles. The van der Waals surface area contributed by atoms with E-state index in [0.29, 0.717) is 0 Å². The lowest BCUT2D eigenvalue weighted by molar-refractivity contribution is 0.589. The zero-order valence-corrected chi connectivity index (χ0v) is 9.64. The largest absolute Gasteiger partial charge is 0.396 e. The fourth-order valence-corrected chi connectivity index (χ4v) is 1.69. The van der Waals surface area contributed by atoms with Crippen molar-refractivity contribution in [3.05, 3.63) is 41.5 Å². The summed E-state index contributed by atoms with van der Waals surface area (Å²) >= 11 is 0. The molecule has 84 valence electrons. The van der Waals surface area contributed by atoms with Gasteiger partial charge in [-0.2, -0.15) is 5.10 Å². The summed E-state index contributed by atoms with van der Waals surface area (Å²) in [6, 6.07) is 5.94. The first-order valence-electron chi connectivity index (χ1n) is 5.38. The van der Waals surface area contributed by atoms with E-state index in [9.17, 15) is 0 Å². The number of rotatable bonds is 3. The second kappa shape index (κ2) is 4.35. The number of anilines is 1. The molecule has 2 N–H and O–H groups in total. The van der Waals surface area contributed by atoms with E-state index in [2.05, 4.69) is 10.1 Å². The Bertz CT molecular complexity index is 473. The Balaban J connectivity index is 2.08. The molecule has 0 aliphatic heterocycles. The molecule has 4 heteroatoms. The molecule has 2 aromatic heterocycles. The molecule has 0 saturated heterocycles. The zero-order chi connectivity index (χ0) is 11.5. The Morgan fingerprint density at radius 1 is 1.31 bits per heavy atom. The molecule has 0 bridgehead atoms. The fourth-order valence-electron chi connectivity index (χ4n) is 1.69. The van der Waals surface area contributed by atoms with Crippen LogP contribution in [-0.2, 0) is 13.0 Å². The Kier molecular flexibility index (Phi) is 2.90. The van der Waals surface area contributed by atoms with E-state index < -0.39 is 0 Å². The lowest BCUT2D eigenvalue weighted by atomic mass is 10.2. The maximum Gasteiger partial charge on any atom is 0.0825 e. The van der Waals surface area contributed by atoms with Gasteiger partial charge in [0.25, 0.3) is 0 Å². The van der Waals surface area contributed by atoms with Crippen LogP contribution in [0.15, 0.2) is 24.4 Å². The minimum atomic E-state index is 0.793. The van der Waals surface area contributed by atoms with Gasteiger partial charge in [-0.15, -0.1) is 0 Å². The average Bonchev–Trinajstić information content (AvgIpc) is 2.56. The number of hydrogen-bond donors (Lipinski definition) is 1. The Labute approximate surface area is 95.1 Å². The monoisotopic (exact) mass is 216 g/mol. The van der Waals surface area contributed by atoms with E-state index in [4.69, 9.17) is 5.73 Å². The average molecular weight is 216 g/mol. The van der Waals surface area contributed by atoms with Crippen LogP contribution in [0.2, 0.25) is 0 Å². The Hall–Kier alpha value is -1.84. The van der Waals surface area contributed by atoms with Gasteiger partial charge in [-0.1, -0.05) is 6.07 Å². The molecule has 0 atom stereocenters. The molecule has 0 fully saturated rings. The first-order valence-corrected chi connectivity index (χ1v) is 5.38. The van der Waals surface area contributed by atoms with Gasteiger partial charge in [0.2, 0.25) is 0 Å². The summed E-state index contributed by atoms with van der Waals surface area (Å²) in [5.41, 5.74) is 9.68. The summed E-state index contributed by atoms with van der Waals surface area (Å²) in [7, 11) is 0. The van der Waals surface area contributed by atoms with Crippen molar-refractivity contribution in [3.8, 4) is 0 Å². The summed E-state index contributed by atoms with van der Waals surface area (Å²) in [5, 5.41) is 4.39. The molecule has 0 unspecified atom stereocenters. The van der Waals surface area contributed by atoms with Crippen LogP contribution in [0.3, 0.4) is 0 Å². The first kappa shape index (κ1) is 10.7. The third-order valence-electron chi connectivity index (χ3n) is 2.74. The molecule has 0 aromatic carbocycles. The van der Waals surface area contributed by atoms with Crippen LogP contribution in [0, 0.1) is 13.8 Å².